The second kappa shape index (κ2) is 8.32. The molecule has 0 bridgehead atoms. The van der Waals surface area contributed by atoms with Crippen LogP contribution in [0.2, 0.25) is 0 Å². The molecule has 156 valence electrons. The van der Waals surface area contributed by atoms with Crippen molar-refractivity contribution in [2.45, 2.75) is 53.5 Å². The molecule has 0 fully saturated rings. The van der Waals surface area contributed by atoms with Crippen LogP contribution in [0.1, 0.15) is 52.5 Å². The molecule has 3 rings (SSSR count). The number of carbonyl (C=O) groups excluding carboxylic acids is 2. The SMILES string of the molecule is CCOC(=O)c1c(NC(=O)Cn2nc(C)c([N+](=O)[O-])c2C)sc2c1CC[C@@H](C)C2. The van der Waals surface area contributed by atoms with E-state index in [0.29, 0.717) is 22.2 Å². The van der Waals surface area contributed by atoms with E-state index in [1.54, 1.807) is 13.8 Å². The lowest BCUT2D eigenvalue weighted by molar-refractivity contribution is -0.386. The van der Waals surface area contributed by atoms with E-state index in [0.717, 1.165) is 29.7 Å². The first-order chi connectivity index (χ1) is 13.7. The summed E-state index contributed by atoms with van der Waals surface area (Å²) < 4.78 is 6.52. The van der Waals surface area contributed by atoms with E-state index in [2.05, 4.69) is 17.3 Å². The number of rotatable bonds is 6. The zero-order valence-corrected chi connectivity index (χ0v) is 17.7. The zero-order chi connectivity index (χ0) is 21.3. The van der Waals surface area contributed by atoms with Crippen molar-refractivity contribution in [2.75, 3.05) is 11.9 Å². The number of hydrogen-bond donors (Lipinski definition) is 1. The minimum atomic E-state index is -0.501. The largest absolute Gasteiger partial charge is 0.462 e. The molecule has 2 aromatic rings. The second-order valence-corrected chi connectivity index (χ2v) is 8.36. The van der Waals surface area contributed by atoms with Crippen LogP contribution in [0.3, 0.4) is 0 Å². The molecule has 0 saturated carbocycles. The fourth-order valence-electron chi connectivity index (χ4n) is 3.67. The normalized spacial score (nSPS) is 15.7. The molecule has 1 N–H and O–H groups in total. The number of anilines is 1. The van der Waals surface area contributed by atoms with Gasteiger partial charge in [-0.3, -0.25) is 19.6 Å². The molecular formula is C19H24N4O5S. The van der Waals surface area contributed by atoms with E-state index < -0.39 is 16.8 Å². The molecule has 0 aromatic carbocycles. The number of aromatic nitrogens is 2. The van der Waals surface area contributed by atoms with Crippen molar-refractivity contribution < 1.29 is 19.2 Å². The van der Waals surface area contributed by atoms with E-state index in [1.165, 1.54) is 22.9 Å². The number of ether oxygens (including phenoxy) is 1. The third kappa shape index (κ3) is 4.16. The Balaban J connectivity index is 1.86. The summed E-state index contributed by atoms with van der Waals surface area (Å²) in [5.41, 5.74) is 1.88. The summed E-state index contributed by atoms with van der Waals surface area (Å²) in [6.07, 6.45) is 2.63. The number of nitrogens with zero attached hydrogens (tertiary/aromatic N) is 3. The molecule has 29 heavy (non-hydrogen) atoms. The molecule has 0 radical (unpaired) electrons. The molecule has 0 spiro atoms. The van der Waals surface area contributed by atoms with E-state index >= 15 is 0 Å². The van der Waals surface area contributed by atoms with Gasteiger partial charge in [-0.05, 0) is 51.5 Å². The number of esters is 1. The Morgan fingerprint density at radius 2 is 2.14 bits per heavy atom. The van der Waals surface area contributed by atoms with Crippen LogP contribution >= 0.6 is 11.3 Å². The molecule has 1 aliphatic rings. The first-order valence-electron chi connectivity index (χ1n) is 9.52. The number of thiophene rings is 1. The predicted octanol–water partition coefficient (Wildman–Crippen LogP) is 3.41. The summed E-state index contributed by atoms with van der Waals surface area (Å²) >= 11 is 1.41. The lowest BCUT2D eigenvalue weighted by Gasteiger charge is -2.18. The monoisotopic (exact) mass is 420 g/mol. The molecular weight excluding hydrogens is 396 g/mol. The van der Waals surface area contributed by atoms with Crippen LogP contribution in [0.4, 0.5) is 10.7 Å². The van der Waals surface area contributed by atoms with Crippen LogP contribution in [0.15, 0.2) is 0 Å². The van der Waals surface area contributed by atoms with Gasteiger partial charge in [0.25, 0.3) is 0 Å². The highest BCUT2D eigenvalue weighted by Gasteiger charge is 2.29. The number of fused-ring (bicyclic) bond motifs is 1. The van der Waals surface area contributed by atoms with Gasteiger partial charge in [0.1, 0.15) is 22.9 Å². The fraction of sp³-hybridized carbons (Fsp3) is 0.526. The van der Waals surface area contributed by atoms with Crippen molar-refractivity contribution >= 4 is 33.9 Å². The van der Waals surface area contributed by atoms with Gasteiger partial charge in [-0.15, -0.1) is 11.3 Å². The van der Waals surface area contributed by atoms with Crippen molar-refractivity contribution in [1.82, 2.24) is 9.78 Å². The standard InChI is InChI=1S/C19H24N4O5S/c1-5-28-19(25)16-13-7-6-10(2)8-14(13)29-18(16)20-15(24)9-22-12(4)17(23(26)27)11(3)21-22/h10H,5-9H2,1-4H3,(H,20,24)/t10-/m1/s1. The molecule has 10 heteroatoms. The van der Waals surface area contributed by atoms with Gasteiger partial charge in [-0.25, -0.2) is 4.79 Å². The average molecular weight is 420 g/mol. The first-order valence-corrected chi connectivity index (χ1v) is 10.3. The maximum absolute atomic E-state index is 12.6. The van der Waals surface area contributed by atoms with Gasteiger partial charge in [0.05, 0.1) is 17.1 Å². The number of hydrogen-bond acceptors (Lipinski definition) is 7. The highest BCUT2D eigenvalue weighted by atomic mass is 32.1. The quantitative estimate of drug-likeness (QED) is 0.435. The van der Waals surface area contributed by atoms with Crippen molar-refractivity contribution in [2.24, 2.45) is 5.92 Å². The van der Waals surface area contributed by atoms with Crippen molar-refractivity contribution in [3.63, 3.8) is 0 Å². The van der Waals surface area contributed by atoms with E-state index in [4.69, 9.17) is 4.74 Å². The topological polar surface area (TPSA) is 116 Å². The first kappa shape index (κ1) is 21.0. The van der Waals surface area contributed by atoms with Crippen molar-refractivity contribution in [1.29, 1.82) is 0 Å². The van der Waals surface area contributed by atoms with Crippen LogP contribution in [-0.2, 0) is 28.9 Å². The Kier molecular flexibility index (Phi) is 6.02. The number of nitrogens with one attached hydrogen (secondary N) is 1. The van der Waals surface area contributed by atoms with Crippen molar-refractivity contribution in [3.05, 3.63) is 37.5 Å². The molecule has 1 atom stereocenters. The maximum Gasteiger partial charge on any atom is 0.341 e. The van der Waals surface area contributed by atoms with E-state index in [-0.39, 0.29) is 24.5 Å². The highest BCUT2D eigenvalue weighted by molar-refractivity contribution is 7.17. The van der Waals surface area contributed by atoms with Gasteiger partial charge in [0.2, 0.25) is 5.91 Å². The summed E-state index contributed by atoms with van der Waals surface area (Å²) in [4.78, 5) is 36.9. The van der Waals surface area contributed by atoms with Crippen LogP contribution in [0.25, 0.3) is 0 Å². The lowest BCUT2D eigenvalue weighted by atomic mass is 9.88. The summed E-state index contributed by atoms with van der Waals surface area (Å²) in [5, 5.41) is 18.5. The van der Waals surface area contributed by atoms with Gasteiger partial charge in [-0.2, -0.15) is 5.10 Å². The highest BCUT2D eigenvalue weighted by Crippen LogP contribution is 2.40. The van der Waals surface area contributed by atoms with Gasteiger partial charge < -0.3 is 10.1 Å². The summed E-state index contributed by atoms with van der Waals surface area (Å²) in [6.45, 7) is 7.07. The van der Waals surface area contributed by atoms with Crippen molar-refractivity contribution in [3.8, 4) is 0 Å². The van der Waals surface area contributed by atoms with Crippen LogP contribution in [-0.4, -0.2) is 33.2 Å². The van der Waals surface area contributed by atoms with Gasteiger partial charge in [-0.1, -0.05) is 6.92 Å². The van der Waals surface area contributed by atoms with Gasteiger partial charge in [0, 0.05) is 4.88 Å². The molecule has 0 saturated heterocycles. The number of carbonyl (C=O) groups is 2. The van der Waals surface area contributed by atoms with Crippen LogP contribution in [0.5, 0.6) is 0 Å². The Bertz CT molecular complexity index is 978. The number of aryl methyl sites for hydroxylation is 1. The zero-order valence-electron chi connectivity index (χ0n) is 16.9. The third-order valence-corrected chi connectivity index (χ3v) is 6.23. The number of nitro groups is 1. The molecule has 1 amide bonds. The average Bonchev–Trinajstić information content (AvgIpc) is 3.10. The predicted molar refractivity (Wildman–Crippen MR) is 108 cm³/mol. The molecule has 2 aromatic heterocycles. The van der Waals surface area contributed by atoms with Crippen LogP contribution < -0.4 is 5.32 Å². The Labute approximate surface area is 172 Å². The minimum Gasteiger partial charge on any atom is -0.462 e. The Morgan fingerprint density at radius 3 is 2.76 bits per heavy atom. The van der Waals surface area contributed by atoms with Crippen LogP contribution in [0, 0.1) is 29.9 Å². The van der Waals surface area contributed by atoms with Gasteiger partial charge in [0.15, 0.2) is 0 Å². The molecule has 0 aliphatic heterocycles. The Hall–Kier alpha value is -2.75. The number of amides is 1. The fourth-order valence-corrected chi connectivity index (χ4v) is 5.08. The second-order valence-electron chi connectivity index (χ2n) is 7.26. The maximum atomic E-state index is 12.6. The molecule has 9 nitrogen and oxygen atoms in total. The van der Waals surface area contributed by atoms with E-state index in [9.17, 15) is 19.7 Å². The summed E-state index contributed by atoms with van der Waals surface area (Å²) in [6, 6.07) is 0. The smallest absolute Gasteiger partial charge is 0.341 e. The lowest BCUT2D eigenvalue weighted by Crippen LogP contribution is -2.21. The molecule has 2 heterocycles. The van der Waals surface area contributed by atoms with Gasteiger partial charge >= 0.3 is 11.7 Å². The Morgan fingerprint density at radius 1 is 1.41 bits per heavy atom. The molecule has 0 unspecified atom stereocenters. The van der Waals surface area contributed by atoms with E-state index in [1.807, 2.05) is 0 Å². The molecule has 1 aliphatic carbocycles. The third-order valence-electron chi connectivity index (χ3n) is 5.06. The summed E-state index contributed by atoms with van der Waals surface area (Å²) in [5.74, 6) is -0.311. The summed E-state index contributed by atoms with van der Waals surface area (Å²) in [7, 11) is 0. The minimum absolute atomic E-state index is 0.0920.